The van der Waals surface area contributed by atoms with Gasteiger partial charge in [0.05, 0.1) is 35.3 Å². The van der Waals surface area contributed by atoms with Crippen molar-refractivity contribution in [3.05, 3.63) is 76.5 Å². The molecular weight excluding hydrogens is 429 g/mol. The van der Waals surface area contributed by atoms with Crippen molar-refractivity contribution in [2.24, 2.45) is 0 Å². The van der Waals surface area contributed by atoms with Crippen molar-refractivity contribution >= 4 is 28.4 Å². The Morgan fingerprint density at radius 2 is 1.81 bits per heavy atom. The van der Waals surface area contributed by atoms with E-state index in [4.69, 9.17) is 5.73 Å². The summed E-state index contributed by atoms with van der Waals surface area (Å²) in [5.74, 6) is -0.293. The molecule has 4 rings (SSSR count). The summed E-state index contributed by atoms with van der Waals surface area (Å²) in [6.45, 7) is 1.68. The molecule has 0 aliphatic heterocycles. The van der Waals surface area contributed by atoms with Crippen LogP contribution in [-0.4, -0.2) is 24.7 Å². The Morgan fingerprint density at radius 1 is 1.13 bits per heavy atom. The molecule has 160 valence electrons. The maximum Gasteiger partial charge on any atom is 0.446 e. The summed E-state index contributed by atoms with van der Waals surface area (Å²) in [4.78, 5) is 17.4. The van der Waals surface area contributed by atoms with Gasteiger partial charge in [0.15, 0.2) is 0 Å². The van der Waals surface area contributed by atoms with Crippen molar-refractivity contribution in [3.8, 4) is 11.6 Å². The zero-order chi connectivity index (χ0) is 22.3. The molecule has 0 atom stereocenters. The number of benzene rings is 2. The largest absolute Gasteiger partial charge is 0.493 e. The van der Waals surface area contributed by atoms with Crippen LogP contribution in [0.4, 0.5) is 18.9 Å². The van der Waals surface area contributed by atoms with E-state index in [1.807, 2.05) is 24.3 Å². The molecule has 0 radical (unpaired) electrons. The lowest BCUT2D eigenvalue weighted by molar-refractivity contribution is -0.0328. The number of halogens is 3. The highest BCUT2D eigenvalue weighted by Gasteiger charge is 2.29. The van der Waals surface area contributed by atoms with Gasteiger partial charge in [0.2, 0.25) is 5.88 Å². The molecule has 2 heterocycles. The summed E-state index contributed by atoms with van der Waals surface area (Å²) >= 11 is -0.249. The number of anilines is 1. The molecular formula is C21H17F3N4O2S. The Hall–Kier alpha value is -3.40. The van der Waals surface area contributed by atoms with Gasteiger partial charge in [-0.1, -0.05) is 18.2 Å². The second-order valence-electron chi connectivity index (χ2n) is 6.86. The van der Waals surface area contributed by atoms with Crippen LogP contribution in [0.3, 0.4) is 0 Å². The molecule has 0 spiro atoms. The lowest BCUT2D eigenvalue weighted by atomic mass is 10.1. The fraction of sp³-hybridized carbons (Fsp3) is 0.143. The number of nitrogen functional groups attached to an aromatic ring is 1. The minimum Gasteiger partial charge on any atom is -0.493 e. The Morgan fingerprint density at radius 3 is 2.48 bits per heavy atom. The topological polar surface area (TPSA) is 86.1 Å². The molecule has 6 nitrogen and oxygen atoms in total. The van der Waals surface area contributed by atoms with Crippen molar-refractivity contribution in [3.63, 3.8) is 0 Å². The molecule has 0 saturated carbocycles. The van der Waals surface area contributed by atoms with E-state index in [9.17, 15) is 23.1 Å². The van der Waals surface area contributed by atoms with Gasteiger partial charge < -0.3 is 10.8 Å². The molecule has 0 unspecified atom stereocenters. The van der Waals surface area contributed by atoms with Gasteiger partial charge in [-0.3, -0.25) is 9.55 Å². The van der Waals surface area contributed by atoms with Gasteiger partial charge in [-0.25, -0.2) is 9.36 Å². The smallest absolute Gasteiger partial charge is 0.446 e. The van der Waals surface area contributed by atoms with E-state index in [1.165, 1.54) is 35.0 Å². The predicted octanol–water partition coefficient (Wildman–Crippen LogP) is 4.44. The van der Waals surface area contributed by atoms with Gasteiger partial charge in [-0.15, -0.1) is 0 Å². The second kappa shape index (κ2) is 7.69. The van der Waals surface area contributed by atoms with Crippen molar-refractivity contribution in [2.75, 3.05) is 5.73 Å². The number of pyridine rings is 1. The van der Waals surface area contributed by atoms with Crippen molar-refractivity contribution in [2.45, 2.75) is 23.9 Å². The van der Waals surface area contributed by atoms with E-state index in [0.29, 0.717) is 16.9 Å². The van der Waals surface area contributed by atoms with Crippen molar-refractivity contribution < 1.29 is 18.3 Å². The summed E-state index contributed by atoms with van der Waals surface area (Å²) in [5, 5.41) is 11.4. The van der Waals surface area contributed by atoms with Crippen LogP contribution in [-0.2, 0) is 6.54 Å². The summed E-state index contributed by atoms with van der Waals surface area (Å²) < 4.78 is 40.1. The standard InChI is InChI=1S/C21H17F3N4O2S/c1-12-19(29)28(13-6-8-14(9-7-13)31-21(22,23)24)20(30)27(12)11-16-15-4-2-3-5-18(15)26-10-17(16)25/h2-10,29H,11,25H2,1H3. The summed E-state index contributed by atoms with van der Waals surface area (Å²) in [7, 11) is 0. The normalized spacial score (nSPS) is 11.9. The first-order chi connectivity index (χ1) is 14.7. The highest BCUT2D eigenvalue weighted by Crippen LogP contribution is 2.37. The lowest BCUT2D eigenvalue weighted by Gasteiger charge is -2.11. The van der Waals surface area contributed by atoms with E-state index >= 15 is 0 Å². The first-order valence-corrected chi connectivity index (χ1v) is 9.97. The van der Waals surface area contributed by atoms with Crippen LogP contribution in [0.1, 0.15) is 11.3 Å². The first kappa shape index (κ1) is 20.9. The summed E-state index contributed by atoms with van der Waals surface area (Å²) in [5.41, 5.74) is 3.54. The number of aromatic hydroxyl groups is 1. The molecule has 2 aromatic carbocycles. The Labute approximate surface area is 178 Å². The number of thioether (sulfide) groups is 1. The number of hydrogen-bond donors (Lipinski definition) is 2. The van der Waals surface area contributed by atoms with Gasteiger partial charge in [-0.05, 0) is 49.0 Å². The highest BCUT2D eigenvalue weighted by atomic mass is 32.2. The zero-order valence-electron chi connectivity index (χ0n) is 16.2. The van der Waals surface area contributed by atoms with E-state index in [1.54, 1.807) is 6.92 Å². The molecule has 2 aromatic heterocycles. The number of rotatable bonds is 4. The molecule has 0 amide bonds. The average molecular weight is 446 g/mol. The predicted molar refractivity (Wildman–Crippen MR) is 114 cm³/mol. The molecule has 4 aromatic rings. The molecule has 31 heavy (non-hydrogen) atoms. The van der Waals surface area contributed by atoms with E-state index < -0.39 is 11.2 Å². The number of alkyl halides is 3. The Balaban J connectivity index is 1.76. The highest BCUT2D eigenvalue weighted by molar-refractivity contribution is 8.00. The fourth-order valence-electron chi connectivity index (χ4n) is 3.40. The van der Waals surface area contributed by atoms with Crippen LogP contribution in [0.15, 0.2) is 64.4 Å². The molecule has 0 aliphatic carbocycles. The minimum absolute atomic E-state index is 0.0176. The number of hydrogen-bond acceptors (Lipinski definition) is 5. The van der Waals surface area contributed by atoms with Crippen LogP contribution in [0.25, 0.3) is 16.6 Å². The third-order valence-electron chi connectivity index (χ3n) is 4.93. The third-order valence-corrected chi connectivity index (χ3v) is 5.67. The van der Waals surface area contributed by atoms with E-state index in [2.05, 4.69) is 4.98 Å². The average Bonchev–Trinajstić information content (AvgIpc) is 2.93. The number of nitrogens with zero attached hydrogens (tertiary/aromatic N) is 3. The van der Waals surface area contributed by atoms with Crippen molar-refractivity contribution in [1.29, 1.82) is 0 Å². The molecule has 0 aliphatic rings. The van der Waals surface area contributed by atoms with Gasteiger partial charge in [0.25, 0.3) is 0 Å². The lowest BCUT2D eigenvalue weighted by Crippen LogP contribution is -2.24. The van der Waals surface area contributed by atoms with Crippen LogP contribution in [0.2, 0.25) is 0 Å². The third kappa shape index (κ3) is 3.98. The number of aromatic nitrogens is 3. The van der Waals surface area contributed by atoms with Crippen LogP contribution >= 0.6 is 11.8 Å². The van der Waals surface area contributed by atoms with Gasteiger partial charge >= 0.3 is 11.2 Å². The van der Waals surface area contributed by atoms with Crippen LogP contribution < -0.4 is 11.4 Å². The zero-order valence-corrected chi connectivity index (χ0v) is 17.0. The first-order valence-electron chi connectivity index (χ1n) is 9.15. The Kier molecular flexibility index (Phi) is 5.18. The molecule has 0 fully saturated rings. The number of nitrogens with two attached hydrogens (primary N) is 1. The maximum absolute atomic E-state index is 13.1. The van der Waals surface area contributed by atoms with Gasteiger partial charge in [0, 0.05) is 15.8 Å². The number of para-hydroxylation sites is 1. The van der Waals surface area contributed by atoms with Gasteiger partial charge in [-0.2, -0.15) is 13.2 Å². The summed E-state index contributed by atoms with van der Waals surface area (Å²) in [6, 6.07) is 12.6. The van der Waals surface area contributed by atoms with E-state index in [-0.39, 0.29) is 34.8 Å². The summed E-state index contributed by atoms with van der Waals surface area (Å²) in [6.07, 6.45) is 1.52. The Bertz CT molecular complexity index is 1330. The van der Waals surface area contributed by atoms with Crippen LogP contribution in [0.5, 0.6) is 5.88 Å². The molecule has 3 N–H and O–H groups in total. The quantitative estimate of drug-likeness (QED) is 0.453. The second-order valence-corrected chi connectivity index (χ2v) is 8.00. The van der Waals surface area contributed by atoms with Crippen molar-refractivity contribution in [1.82, 2.24) is 14.1 Å². The van der Waals surface area contributed by atoms with Gasteiger partial charge in [0.1, 0.15) is 0 Å². The maximum atomic E-state index is 13.1. The van der Waals surface area contributed by atoms with E-state index in [0.717, 1.165) is 15.5 Å². The van der Waals surface area contributed by atoms with Crippen LogP contribution in [0, 0.1) is 6.92 Å². The number of fused-ring (bicyclic) bond motifs is 1. The molecule has 10 heteroatoms. The SMILES string of the molecule is Cc1c(O)n(-c2ccc(SC(F)(F)F)cc2)c(=O)n1Cc1c(N)cnc2ccccc12. The molecule has 0 saturated heterocycles. The minimum atomic E-state index is -4.41. The fourth-order valence-corrected chi connectivity index (χ4v) is 3.94. The number of imidazole rings is 1. The monoisotopic (exact) mass is 446 g/mol. The molecule has 0 bridgehead atoms.